The van der Waals surface area contributed by atoms with Gasteiger partial charge in [-0.3, -0.25) is 0 Å². The van der Waals surface area contributed by atoms with E-state index in [2.05, 4.69) is 4.98 Å². The molecule has 1 fully saturated rings. The number of halogens is 1. The van der Waals surface area contributed by atoms with E-state index in [1.54, 1.807) is 6.07 Å². The number of phenolic OH excluding ortho intramolecular Hbond substituents is 1. The molecule has 4 heteroatoms. The van der Waals surface area contributed by atoms with E-state index in [0.29, 0.717) is 16.8 Å². The van der Waals surface area contributed by atoms with Crippen LogP contribution >= 0.6 is 11.6 Å². The summed E-state index contributed by atoms with van der Waals surface area (Å²) in [6.45, 7) is 0. The van der Waals surface area contributed by atoms with Crippen LogP contribution in [0.5, 0.6) is 5.75 Å². The Bertz CT molecular complexity index is 517. The van der Waals surface area contributed by atoms with Gasteiger partial charge in [-0.25, -0.2) is 4.98 Å². The molecule has 1 aromatic carbocycles. The van der Waals surface area contributed by atoms with Gasteiger partial charge in [-0.05, 0) is 43.0 Å². The number of phenols is 1. The third kappa shape index (κ3) is 1.23. The van der Waals surface area contributed by atoms with Crippen LogP contribution in [-0.2, 0) is 0 Å². The van der Waals surface area contributed by atoms with Gasteiger partial charge in [-0.1, -0.05) is 6.07 Å². The third-order valence-corrected chi connectivity index (χ3v) is 3.36. The van der Waals surface area contributed by atoms with Crippen LogP contribution in [0.15, 0.2) is 18.2 Å². The normalized spacial score (nSPS) is 16.9. The van der Waals surface area contributed by atoms with Gasteiger partial charge in [0.15, 0.2) is 0 Å². The summed E-state index contributed by atoms with van der Waals surface area (Å²) in [7, 11) is 0. The fourth-order valence-electron chi connectivity index (χ4n) is 2.07. The first-order valence-corrected chi connectivity index (χ1v) is 5.50. The van der Waals surface area contributed by atoms with Crippen molar-refractivity contribution in [1.29, 1.82) is 0 Å². The summed E-state index contributed by atoms with van der Waals surface area (Å²) in [5, 5.41) is 10.1. The Hall–Kier alpha value is -1.22. The zero-order valence-electron chi connectivity index (χ0n) is 8.15. The number of imidazole rings is 1. The van der Waals surface area contributed by atoms with E-state index >= 15 is 0 Å². The standard InChI is InChI=1S/C11H11ClN2O/c12-11-13-10-8(5-2-6-9(10)15)14(11)7-3-1-4-7/h2,5-7,15H,1,3-4H2. The molecule has 1 saturated carbocycles. The van der Waals surface area contributed by atoms with Crippen molar-refractivity contribution >= 4 is 22.6 Å². The van der Waals surface area contributed by atoms with Crippen molar-refractivity contribution in [3.8, 4) is 5.75 Å². The van der Waals surface area contributed by atoms with E-state index in [9.17, 15) is 5.11 Å². The average Bonchev–Trinajstić information content (AvgIpc) is 2.44. The molecule has 1 aromatic heterocycles. The zero-order chi connectivity index (χ0) is 10.4. The lowest BCUT2D eigenvalue weighted by Gasteiger charge is -2.27. The highest BCUT2D eigenvalue weighted by Gasteiger charge is 2.24. The molecular formula is C11H11ClN2O. The first kappa shape index (κ1) is 9.04. The van der Waals surface area contributed by atoms with Crippen LogP contribution in [0.3, 0.4) is 0 Å². The quantitative estimate of drug-likeness (QED) is 0.805. The minimum Gasteiger partial charge on any atom is -0.506 e. The average molecular weight is 223 g/mol. The molecule has 1 heterocycles. The van der Waals surface area contributed by atoms with Crippen LogP contribution in [0.25, 0.3) is 11.0 Å². The summed E-state index contributed by atoms with van der Waals surface area (Å²) in [6.07, 6.45) is 3.56. The molecule has 0 amide bonds. The summed E-state index contributed by atoms with van der Waals surface area (Å²) in [5.74, 6) is 0.201. The Morgan fingerprint density at radius 2 is 2.20 bits per heavy atom. The molecule has 3 nitrogen and oxygen atoms in total. The van der Waals surface area contributed by atoms with E-state index in [1.807, 2.05) is 16.7 Å². The number of benzene rings is 1. The molecule has 0 bridgehead atoms. The Kier molecular flexibility index (Phi) is 1.89. The van der Waals surface area contributed by atoms with Crippen LogP contribution in [0.2, 0.25) is 5.28 Å². The zero-order valence-corrected chi connectivity index (χ0v) is 8.91. The van der Waals surface area contributed by atoms with E-state index in [4.69, 9.17) is 11.6 Å². The highest BCUT2D eigenvalue weighted by Crippen LogP contribution is 2.38. The Morgan fingerprint density at radius 3 is 2.87 bits per heavy atom. The molecule has 0 radical (unpaired) electrons. The second-order valence-corrected chi connectivity index (χ2v) is 4.32. The minimum atomic E-state index is 0.201. The van der Waals surface area contributed by atoms with Gasteiger partial charge in [0.1, 0.15) is 11.3 Å². The van der Waals surface area contributed by atoms with Gasteiger partial charge >= 0.3 is 0 Å². The number of para-hydroxylation sites is 1. The Labute approximate surface area is 92.3 Å². The predicted molar refractivity (Wildman–Crippen MR) is 59.3 cm³/mol. The van der Waals surface area contributed by atoms with Crippen molar-refractivity contribution in [3.05, 3.63) is 23.5 Å². The minimum absolute atomic E-state index is 0.201. The smallest absolute Gasteiger partial charge is 0.204 e. The van der Waals surface area contributed by atoms with Gasteiger partial charge in [-0.15, -0.1) is 0 Å². The molecule has 1 aliphatic rings. The fourth-order valence-corrected chi connectivity index (χ4v) is 2.38. The first-order chi connectivity index (χ1) is 7.27. The maximum Gasteiger partial charge on any atom is 0.204 e. The summed E-state index contributed by atoms with van der Waals surface area (Å²) in [6, 6.07) is 5.87. The number of hydrogen-bond donors (Lipinski definition) is 1. The van der Waals surface area contributed by atoms with Crippen molar-refractivity contribution in [2.24, 2.45) is 0 Å². The maximum atomic E-state index is 9.65. The summed E-state index contributed by atoms with van der Waals surface area (Å²) in [5.41, 5.74) is 1.54. The molecule has 0 saturated heterocycles. The number of aromatic hydroxyl groups is 1. The van der Waals surface area contributed by atoms with E-state index in [1.165, 1.54) is 6.42 Å². The Balaban J connectivity index is 2.27. The molecule has 0 spiro atoms. The van der Waals surface area contributed by atoms with Gasteiger partial charge in [0.2, 0.25) is 5.28 Å². The monoisotopic (exact) mass is 222 g/mol. The van der Waals surface area contributed by atoms with E-state index in [0.717, 1.165) is 18.4 Å². The number of hydrogen-bond acceptors (Lipinski definition) is 2. The van der Waals surface area contributed by atoms with Gasteiger partial charge < -0.3 is 9.67 Å². The van der Waals surface area contributed by atoms with E-state index < -0.39 is 0 Å². The van der Waals surface area contributed by atoms with Crippen LogP contribution in [0.1, 0.15) is 25.3 Å². The predicted octanol–water partition coefficient (Wildman–Crippen LogP) is 3.12. The van der Waals surface area contributed by atoms with Gasteiger partial charge in [0, 0.05) is 6.04 Å². The van der Waals surface area contributed by atoms with Gasteiger partial charge in [0.25, 0.3) is 0 Å². The molecule has 78 valence electrons. The molecule has 15 heavy (non-hydrogen) atoms. The molecule has 0 unspecified atom stereocenters. The van der Waals surface area contributed by atoms with Crippen molar-refractivity contribution in [1.82, 2.24) is 9.55 Å². The van der Waals surface area contributed by atoms with Crippen molar-refractivity contribution in [3.63, 3.8) is 0 Å². The van der Waals surface area contributed by atoms with Gasteiger partial charge in [0.05, 0.1) is 5.52 Å². The lowest BCUT2D eigenvalue weighted by Crippen LogP contribution is -2.16. The number of rotatable bonds is 1. The van der Waals surface area contributed by atoms with Crippen LogP contribution in [0.4, 0.5) is 0 Å². The lowest BCUT2D eigenvalue weighted by atomic mass is 9.93. The summed E-state index contributed by atoms with van der Waals surface area (Å²) < 4.78 is 2.03. The maximum absolute atomic E-state index is 9.65. The number of aromatic nitrogens is 2. The number of fused-ring (bicyclic) bond motifs is 1. The molecule has 1 aliphatic carbocycles. The molecule has 0 aliphatic heterocycles. The SMILES string of the molecule is Oc1cccc2c1nc(Cl)n2C1CCC1. The largest absolute Gasteiger partial charge is 0.506 e. The van der Waals surface area contributed by atoms with Crippen molar-refractivity contribution in [2.75, 3.05) is 0 Å². The number of nitrogens with zero attached hydrogens (tertiary/aromatic N) is 2. The van der Waals surface area contributed by atoms with Crippen LogP contribution in [0, 0.1) is 0 Å². The highest BCUT2D eigenvalue weighted by molar-refractivity contribution is 6.29. The summed E-state index contributed by atoms with van der Waals surface area (Å²) in [4.78, 5) is 4.19. The molecule has 0 atom stereocenters. The first-order valence-electron chi connectivity index (χ1n) is 5.13. The van der Waals surface area contributed by atoms with Crippen LogP contribution < -0.4 is 0 Å². The Morgan fingerprint density at radius 1 is 1.40 bits per heavy atom. The molecule has 2 aromatic rings. The fraction of sp³-hybridized carbons (Fsp3) is 0.364. The molecule has 3 rings (SSSR count). The van der Waals surface area contributed by atoms with Crippen molar-refractivity contribution in [2.45, 2.75) is 25.3 Å². The van der Waals surface area contributed by atoms with Crippen molar-refractivity contribution < 1.29 is 5.11 Å². The van der Waals surface area contributed by atoms with Gasteiger partial charge in [-0.2, -0.15) is 0 Å². The molecular weight excluding hydrogens is 212 g/mol. The molecule has 1 N–H and O–H groups in total. The second-order valence-electron chi connectivity index (χ2n) is 3.98. The third-order valence-electron chi connectivity index (χ3n) is 3.10. The highest BCUT2D eigenvalue weighted by atomic mass is 35.5. The summed E-state index contributed by atoms with van der Waals surface area (Å²) >= 11 is 6.09. The topological polar surface area (TPSA) is 38.1 Å². The van der Waals surface area contributed by atoms with Crippen LogP contribution in [-0.4, -0.2) is 14.7 Å². The van der Waals surface area contributed by atoms with E-state index in [-0.39, 0.29) is 5.75 Å². The lowest BCUT2D eigenvalue weighted by molar-refractivity contribution is 0.320. The second kappa shape index (κ2) is 3.14.